The minimum atomic E-state index is -0.137. The molecule has 1 aliphatic heterocycles. The van der Waals surface area contributed by atoms with E-state index in [1.807, 2.05) is 25.1 Å². The molecule has 0 saturated carbocycles. The molecule has 1 amide bonds. The van der Waals surface area contributed by atoms with Crippen LogP contribution in [-0.4, -0.2) is 33.1 Å². The highest BCUT2D eigenvalue weighted by molar-refractivity contribution is 5.95. The quantitative estimate of drug-likeness (QED) is 0.744. The Bertz CT molecular complexity index is 612. The highest BCUT2D eigenvalue weighted by atomic mass is 16.5. The lowest BCUT2D eigenvalue weighted by molar-refractivity contribution is -0.118. The van der Waals surface area contributed by atoms with Crippen LogP contribution in [0.1, 0.15) is 24.4 Å². The van der Waals surface area contributed by atoms with Gasteiger partial charge in [-0.25, -0.2) is 0 Å². The van der Waals surface area contributed by atoms with Crippen molar-refractivity contribution in [1.29, 1.82) is 0 Å². The summed E-state index contributed by atoms with van der Waals surface area (Å²) in [6.07, 6.45) is 0. The highest BCUT2D eigenvalue weighted by Crippen LogP contribution is 2.30. The van der Waals surface area contributed by atoms with Crippen molar-refractivity contribution in [1.82, 2.24) is 25.9 Å². The zero-order valence-corrected chi connectivity index (χ0v) is 10.9. The van der Waals surface area contributed by atoms with Gasteiger partial charge in [-0.05, 0) is 24.6 Å². The molecule has 1 aliphatic rings. The Morgan fingerprint density at radius 2 is 2.40 bits per heavy atom. The molecule has 0 fully saturated rings. The summed E-state index contributed by atoms with van der Waals surface area (Å²) in [5.74, 6) is 1.16. The molecule has 20 heavy (non-hydrogen) atoms. The number of hydrogen-bond donors (Lipinski definition) is 3. The molecule has 1 atom stereocenters. The molecule has 0 radical (unpaired) electrons. The van der Waals surface area contributed by atoms with E-state index in [1.165, 1.54) is 0 Å². The molecular formula is C12H14N6O2. The molecule has 104 valence electrons. The van der Waals surface area contributed by atoms with Gasteiger partial charge >= 0.3 is 0 Å². The zero-order valence-electron chi connectivity index (χ0n) is 10.9. The van der Waals surface area contributed by atoms with Crippen LogP contribution in [0.25, 0.3) is 0 Å². The Morgan fingerprint density at radius 1 is 1.50 bits per heavy atom. The number of benzene rings is 1. The summed E-state index contributed by atoms with van der Waals surface area (Å²) in [7, 11) is 0. The molecule has 0 bridgehead atoms. The number of H-pyrrole nitrogens is 1. The van der Waals surface area contributed by atoms with Gasteiger partial charge in [0, 0.05) is 6.04 Å². The average Bonchev–Trinajstić information content (AvgIpc) is 2.97. The Balaban J connectivity index is 1.70. The van der Waals surface area contributed by atoms with Gasteiger partial charge in [0.1, 0.15) is 5.75 Å². The van der Waals surface area contributed by atoms with Crippen molar-refractivity contribution < 1.29 is 9.53 Å². The van der Waals surface area contributed by atoms with Crippen LogP contribution >= 0.6 is 0 Å². The Labute approximate surface area is 114 Å². The molecule has 0 saturated heterocycles. The van der Waals surface area contributed by atoms with E-state index in [0.29, 0.717) is 23.8 Å². The van der Waals surface area contributed by atoms with Crippen molar-refractivity contribution in [3.8, 4) is 5.75 Å². The van der Waals surface area contributed by atoms with Crippen LogP contribution in [0.5, 0.6) is 5.75 Å². The third kappa shape index (κ3) is 2.59. The number of ether oxygens (including phenoxy) is 1. The van der Waals surface area contributed by atoms with Crippen LogP contribution in [0.2, 0.25) is 0 Å². The largest absolute Gasteiger partial charge is 0.482 e. The summed E-state index contributed by atoms with van der Waals surface area (Å²) in [5.41, 5.74) is 1.74. The summed E-state index contributed by atoms with van der Waals surface area (Å²) in [6, 6.07) is 5.80. The van der Waals surface area contributed by atoms with Crippen molar-refractivity contribution in [2.45, 2.75) is 19.5 Å². The number of carbonyl (C=O) groups is 1. The molecule has 8 nitrogen and oxygen atoms in total. The first-order valence-corrected chi connectivity index (χ1v) is 6.24. The van der Waals surface area contributed by atoms with E-state index < -0.39 is 0 Å². The van der Waals surface area contributed by atoms with Crippen LogP contribution in [0.3, 0.4) is 0 Å². The first kappa shape index (κ1) is 12.5. The first-order chi connectivity index (χ1) is 9.72. The minimum Gasteiger partial charge on any atom is -0.482 e. The number of hydrogen-bond acceptors (Lipinski definition) is 6. The second-order valence-electron chi connectivity index (χ2n) is 4.52. The molecule has 0 aliphatic carbocycles. The van der Waals surface area contributed by atoms with Crippen molar-refractivity contribution in [3.05, 3.63) is 29.6 Å². The maximum absolute atomic E-state index is 11.3. The smallest absolute Gasteiger partial charge is 0.262 e. The molecule has 3 rings (SSSR count). The third-order valence-corrected chi connectivity index (χ3v) is 3.09. The summed E-state index contributed by atoms with van der Waals surface area (Å²) >= 11 is 0. The van der Waals surface area contributed by atoms with E-state index in [1.54, 1.807) is 0 Å². The van der Waals surface area contributed by atoms with E-state index in [0.717, 1.165) is 5.56 Å². The number of carbonyl (C=O) groups excluding carboxylic acids is 1. The van der Waals surface area contributed by atoms with E-state index in [4.69, 9.17) is 4.74 Å². The fourth-order valence-electron chi connectivity index (χ4n) is 1.99. The lowest BCUT2D eigenvalue weighted by Gasteiger charge is -2.20. The lowest BCUT2D eigenvalue weighted by Crippen LogP contribution is -2.26. The van der Waals surface area contributed by atoms with Crippen molar-refractivity contribution in [2.24, 2.45) is 0 Å². The van der Waals surface area contributed by atoms with E-state index in [2.05, 4.69) is 31.3 Å². The predicted molar refractivity (Wildman–Crippen MR) is 70.0 cm³/mol. The van der Waals surface area contributed by atoms with Crippen LogP contribution in [-0.2, 0) is 11.3 Å². The van der Waals surface area contributed by atoms with Crippen LogP contribution in [0.4, 0.5) is 5.69 Å². The van der Waals surface area contributed by atoms with E-state index in [9.17, 15) is 4.79 Å². The molecule has 0 spiro atoms. The number of nitrogens with one attached hydrogen (secondary N) is 3. The van der Waals surface area contributed by atoms with Crippen molar-refractivity contribution in [3.63, 3.8) is 0 Å². The van der Waals surface area contributed by atoms with Gasteiger partial charge in [0.2, 0.25) is 0 Å². The maximum atomic E-state index is 11.3. The molecule has 1 aromatic heterocycles. The number of tetrazole rings is 1. The van der Waals surface area contributed by atoms with E-state index >= 15 is 0 Å². The number of anilines is 1. The lowest BCUT2D eigenvalue weighted by atomic mass is 10.1. The second kappa shape index (κ2) is 5.25. The van der Waals surface area contributed by atoms with Crippen LogP contribution < -0.4 is 15.4 Å². The Hall–Kier alpha value is -2.48. The van der Waals surface area contributed by atoms with Crippen molar-refractivity contribution >= 4 is 11.6 Å². The fourth-order valence-corrected chi connectivity index (χ4v) is 1.99. The number of rotatable bonds is 4. The topological polar surface area (TPSA) is 105 Å². The van der Waals surface area contributed by atoms with E-state index in [-0.39, 0.29) is 18.6 Å². The van der Waals surface area contributed by atoms with Crippen LogP contribution in [0, 0.1) is 0 Å². The second-order valence-corrected chi connectivity index (χ2v) is 4.52. The monoisotopic (exact) mass is 274 g/mol. The predicted octanol–water partition coefficient (Wildman–Crippen LogP) is 0.381. The SMILES string of the molecule is CC(NCc1nn[nH]n1)c1ccc2c(c1)NC(=O)CO2. The molecule has 8 heteroatoms. The molecule has 2 aromatic rings. The third-order valence-electron chi connectivity index (χ3n) is 3.09. The maximum Gasteiger partial charge on any atom is 0.262 e. The molecule has 2 heterocycles. The van der Waals surface area contributed by atoms with Crippen LogP contribution in [0.15, 0.2) is 18.2 Å². The standard InChI is InChI=1S/C12H14N6O2/c1-7(13-5-11-15-17-18-16-11)8-2-3-10-9(4-8)14-12(19)6-20-10/h2-4,7,13H,5-6H2,1H3,(H,14,19)(H,15,16,17,18). The Kier molecular flexibility index (Phi) is 3.30. The number of fused-ring (bicyclic) bond motifs is 1. The summed E-state index contributed by atoms with van der Waals surface area (Å²) in [5, 5.41) is 19.7. The van der Waals surface area contributed by atoms with Gasteiger partial charge in [-0.3, -0.25) is 4.79 Å². The summed E-state index contributed by atoms with van der Waals surface area (Å²) < 4.78 is 5.32. The van der Waals surface area contributed by atoms with Gasteiger partial charge in [0.05, 0.1) is 12.2 Å². The van der Waals surface area contributed by atoms with Gasteiger partial charge in [-0.15, -0.1) is 10.2 Å². The van der Waals surface area contributed by atoms with Gasteiger partial charge in [0.15, 0.2) is 12.4 Å². The summed E-state index contributed by atoms with van der Waals surface area (Å²) in [4.78, 5) is 11.3. The molecule has 3 N–H and O–H groups in total. The number of aromatic amines is 1. The average molecular weight is 274 g/mol. The molecule has 1 unspecified atom stereocenters. The Morgan fingerprint density at radius 3 is 3.20 bits per heavy atom. The van der Waals surface area contributed by atoms with Gasteiger partial charge < -0.3 is 15.4 Å². The molecular weight excluding hydrogens is 260 g/mol. The van der Waals surface area contributed by atoms with Gasteiger partial charge in [0.25, 0.3) is 5.91 Å². The summed E-state index contributed by atoms with van der Waals surface area (Å²) in [6.45, 7) is 2.60. The van der Waals surface area contributed by atoms with Gasteiger partial charge in [-0.2, -0.15) is 5.21 Å². The normalized spacial score (nSPS) is 15.2. The zero-order chi connectivity index (χ0) is 13.9. The first-order valence-electron chi connectivity index (χ1n) is 6.24. The number of aromatic nitrogens is 4. The molecule has 1 aromatic carbocycles. The highest BCUT2D eigenvalue weighted by Gasteiger charge is 2.17. The van der Waals surface area contributed by atoms with Gasteiger partial charge in [-0.1, -0.05) is 11.3 Å². The minimum absolute atomic E-state index is 0.0674. The number of amides is 1. The van der Waals surface area contributed by atoms with Crippen molar-refractivity contribution in [2.75, 3.05) is 11.9 Å². The fraction of sp³-hybridized carbons (Fsp3) is 0.333. The number of nitrogens with zero attached hydrogens (tertiary/aromatic N) is 3.